The highest BCUT2D eigenvalue weighted by Gasteiger charge is 2.27. The molecule has 0 saturated heterocycles. The molecule has 0 radical (unpaired) electrons. The summed E-state index contributed by atoms with van der Waals surface area (Å²) in [6.45, 7) is 7.78. The zero-order valence-electron chi connectivity index (χ0n) is 9.76. The lowest BCUT2D eigenvalue weighted by molar-refractivity contribution is 0.420. The van der Waals surface area contributed by atoms with Gasteiger partial charge in [-0.05, 0) is 56.7 Å². The van der Waals surface area contributed by atoms with E-state index in [1.807, 2.05) is 0 Å². The second kappa shape index (κ2) is 6.41. The van der Waals surface area contributed by atoms with Gasteiger partial charge in [0.2, 0.25) is 0 Å². The SMILES string of the molecule is CCC(CN)CCNCC(C)C1CC1. The van der Waals surface area contributed by atoms with E-state index in [1.165, 1.54) is 32.2 Å². The third-order valence-electron chi connectivity index (χ3n) is 3.53. The van der Waals surface area contributed by atoms with Crippen molar-refractivity contribution < 1.29 is 0 Å². The van der Waals surface area contributed by atoms with Crippen LogP contribution < -0.4 is 11.1 Å². The molecule has 1 aliphatic carbocycles. The molecule has 1 saturated carbocycles. The maximum Gasteiger partial charge on any atom is -0.00205 e. The predicted octanol–water partition coefficient (Wildman–Crippen LogP) is 2.00. The van der Waals surface area contributed by atoms with Gasteiger partial charge in [-0.15, -0.1) is 0 Å². The van der Waals surface area contributed by atoms with Gasteiger partial charge in [0.1, 0.15) is 0 Å². The molecule has 2 unspecified atom stereocenters. The number of nitrogens with one attached hydrogen (secondary N) is 1. The highest BCUT2D eigenvalue weighted by molar-refractivity contribution is 4.79. The molecule has 1 fully saturated rings. The zero-order chi connectivity index (χ0) is 10.4. The van der Waals surface area contributed by atoms with E-state index in [1.54, 1.807) is 0 Å². The van der Waals surface area contributed by atoms with Crippen LogP contribution in [0.1, 0.15) is 39.5 Å². The fraction of sp³-hybridized carbons (Fsp3) is 1.00. The lowest BCUT2D eigenvalue weighted by Gasteiger charge is -2.14. The summed E-state index contributed by atoms with van der Waals surface area (Å²) in [7, 11) is 0. The first-order valence-electron chi connectivity index (χ1n) is 6.18. The molecule has 2 nitrogen and oxygen atoms in total. The largest absolute Gasteiger partial charge is 0.330 e. The summed E-state index contributed by atoms with van der Waals surface area (Å²) in [6.07, 6.45) is 5.38. The molecule has 0 aromatic rings. The molecule has 0 amide bonds. The lowest BCUT2D eigenvalue weighted by Crippen LogP contribution is -2.26. The Labute approximate surface area is 88.6 Å². The molecule has 1 rings (SSSR count). The minimum absolute atomic E-state index is 0.721. The maximum absolute atomic E-state index is 5.66. The molecule has 0 heterocycles. The highest BCUT2D eigenvalue weighted by atomic mass is 14.9. The van der Waals surface area contributed by atoms with Crippen molar-refractivity contribution in [1.29, 1.82) is 0 Å². The third-order valence-corrected chi connectivity index (χ3v) is 3.53. The van der Waals surface area contributed by atoms with Crippen molar-refractivity contribution in [2.75, 3.05) is 19.6 Å². The second-order valence-electron chi connectivity index (χ2n) is 4.82. The Bertz CT molecular complexity index is 135. The van der Waals surface area contributed by atoms with E-state index in [0.717, 1.165) is 30.8 Å². The quantitative estimate of drug-likeness (QED) is 0.585. The van der Waals surface area contributed by atoms with Crippen molar-refractivity contribution in [1.82, 2.24) is 5.32 Å². The molecule has 14 heavy (non-hydrogen) atoms. The summed E-state index contributed by atoms with van der Waals surface area (Å²) in [4.78, 5) is 0. The standard InChI is InChI=1S/C12H26N2/c1-3-11(8-13)6-7-14-9-10(2)12-4-5-12/h10-12,14H,3-9,13H2,1-2H3. The highest BCUT2D eigenvalue weighted by Crippen LogP contribution is 2.35. The van der Waals surface area contributed by atoms with Crippen LogP contribution in [0.3, 0.4) is 0 Å². The molecule has 0 aromatic carbocycles. The van der Waals surface area contributed by atoms with Gasteiger partial charge >= 0.3 is 0 Å². The summed E-state index contributed by atoms with van der Waals surface area (Å²) in [5, 5.41) is 3.55. The molecule has 0 aromatic heterocycles. The number of rotatable bonds is 8. The molecule has 3 N–H and O–H groups in total. The van der Waals surface area contributed by atoms with Gasteiger partial charge in [-0.25, -0.2) is 0 Å². The fourth-order valence-corrected chi connectivity index (χ4v) is 1.96. The molecular formula is C12H26N2. The molecule has 0 aliphatic heterocycles. The van der Waals surface area contributed by atoms with Crippen LogP contribution in [0, 0.1) is 17.8 Å². The van der Waals surface area contributed by atoms with Crippen LogP contribution in [-0.2, 0) is 0 Å². The minimum Gasteiger partial charge on any atom is -0.330 e. The molecule has 2 atom stereocenters. The fourth-order valence-electron chi connectivity index (χ4n) is 1.96. The van der Waals surface area contributed by atoms with Gasteiger partial charge in [0.05, 0.1) is 0 Å². The lowest BCUT2D eigenvalue weighted by atomic mass is 10.0. The Kier molecular flexibility index (Phi) is 5.49. The Morgan fingerprint density at radius 3 is 2.64 bits per heavy atom. The monoisotopic (exact) mass is 198 g/mol. The zero-order valence-corrected chi connectivity index (χ0v) is 9.76. The number of nitrogens with two attached hydrogens (primary N) is 1. The van der Waals surface area contributed by atoms with E-state index in [9.17, 15) is 0 Å². The minimum atomic E-state index is 0.721. The van der Waals surface area contributed by atoms with Crippen LogP contribution in [0.15, 0.2) is 0 Å². The van der Waals surface area contributed by atoms with Gasteiger partial charge in [-0.1, -0.05) is 20.3 Å². The Morgan fingerprint density at radius 1 is 1.43 bits per heavy atom. The van der Waals surface area contributed by atoms with Gasteiger partial charge < -0.3 is 11.1 Å². The summed E-state index contributed by atoms with van der Waals surface area (Å²) in [6, 6.07) is 0. The first-order chi connectivity index (χ1) is 6.77. The van der Waals surface area contributed by atoms with Crippen molar-refractivity contribution in [3.8, 4) is 0 Å². The van der Waals surface area contributed by atoms with Crippen molar-refractivity contribution >= 4 is 0 Å². The molecule has 1 aliphatic rings. The molecular weight excluding hydrogens is 172 g/mol. The summed E-state index contributed by atoms with van der Waals surface area (Å²) < 4.78 is 0. The van der Waals surface area contributed by atoms with E-state index in [4.69, 9.17) is 5.73 Å². The van der Waals surface area contributed by atoms with Crippen molar-refractivity contribution in [2.24, 2.45) is 23.5 Å². The van der Waals surface area contributed by atoms with Crippen molar-refractivity contribution in [3.05, 3.63) is 0 Å². The summed E-state index contributed by atoms with van der Waals surface area (Å²) in [5.74, 6) is 2.63. The second-order valence-corrected chi connectivity index (χ2v) is 4.82. The van der Waals surface area contributed by atoms with Gasteiger partial charge in [-0.2, -0.15) is 0 Å². The first kappa shape index (κ1) is 12.0. The van der Waals surface area contributed by atoms with Crippen molar-refractivity contribution in [3.63, 3.8) is 0 Å². The van der Waals surface area contributed by atoms with Gasteiger partial charge in [0, 0.05) is 0 Å². The van der Waals surface area contributed by atoms with Gasteiger partial charge in [0.15, 0.2) is 0 Å². The van der Waals surface area contributed by atoms with Crippen molar-refractivity contribution in [2.45, 2.75) is 39.5 Å². The summed E-state index contributed by atoms with van der Waals surface area (Å²) in [5.41, 5.74) is 5.66. The van der Waals surface area contributed by atoms with E-state index in [-0.39, 0.29) is 0 Å². The third kappa shape index (κ3) is 4.43. The normalized spacial score (nSPS) is 20.8. The maximum atomic E-state index is 5.66. The first-order valence-corrected chi connectivity index (χ1v) is 6.18. The number of hydrogen-bond acceptors (Lipinski definition) is 2. The van der Waals surface area contributed by atoms with Gasteiger partial charge in [0.25, 0.3) is 0 Å². The topological polar surface area (TPSA) is 38.0 Å². The Morgan fingerprint density at radius 2 is 2.14 bits per heavy atom. The average Bonchev–Trinajstić information content (AvgIpc) is 3.01. The molecule has 0 bridgehead atoms. The summed E-state index contributed by atoms with van der Waals surface area (Å²) >= 11 is 0. The van der Waals surface area contributed by atoms with Crippen LogP contribution in [-0.4, -0.2) is 19.6 Å². The Hall–Kier alpha value is -0.0800. The molecule has 0 spiro atoms. The Balaban J connectivity index is 1.92. The van der Waals surface area contributed by atoms with Crippen LogP contribution in [0.2, 0.25) is 0 Å². The van der Waals surface area contributed by atoms with E-state index >= 15 is 0 Å². The van der Waals surface area contributed by atoms with Crippen LogP contribution in [0.25, 0.3) is 0 Å². The molecule has 2 heteroatoms. The van der Waals surface area contributed by atoms with E-state index in [0.29, 0.717) is 0 Å². The van der Waals surface area contributed by atoms with E-state index < -0.39 is 0 Å². The average molecular weight is 198 g/mol. The van der Waals surface area contributed by atoms with Gasteiger partial charge in [-0.3, -0.25) is 0 Å². The van der Waals surface area contributed by atoms with Crippen LogP contribution in [0.4, 0.5) is 0 Å². The van der Waals surface area contributed by atoms with E-state index in [2.05, 4.69) is 19.2 Å². The van der Waals surface area contributed by atoms with Crippen LogP contribution in [0.5, 0.6) is 0 Å². The van der Waals surface area contributed by atoms with Crippen LogP contribution >= 0.6 is 0 Å². The smallest absolute Gasteiger partial charge is 0.00205 e. The number of hydrogen-bond donors (Lipinski definition) is 2. The molecule has 84 valence electrons. The predicted molar refractivity (Wildman–Crippen MR) is 62.2 cm³/mol.